The Bertz CT molecular complexity index is 676. The van der Waals surface area contributed by atoms with Crippen LogP contribution in [0.2, 0.25) is 0 Å². The van der Waals surface area contributed by atoms with Crippen LogP contribution in [0, 0.1) is 5.92 Å². The number of amides is 1. The molecule has 1 aromatic heterocycles. The van der Waals surface area contributed by atoms with Gasteiger partial charge in [0, 0.05) is 0 Å². The molecule has 23 heavy (non-hydrogen) atoms. The summed E-state index contributed by atoms with van der Waals surface area (Å²) in [5, 5.41) is 0. The summed E-state index contributed by atoms with van der Waals surface area (Å²) in [6.45, 7) is 2.29. The van der Waals surface area contributed by atoms with Gasteiger partial charge in [0.1, 0.15) is 6.61 Å². The van der Waals surface area contributed by atoms with Crippen molar-refractivity contribution in [2.75, 3.05) is 12.0 Å². The van der Waals surface area contributed by atoms with Gasteiger partial charge >= 0.3 is 0 Å². The first-order valence-electron chi connectivity index (χ1n) is 8.09. The summed E-state index contributed by atoms with van der Waals surface area (Å²) in [4.78, 5) is 20.5. The molecule has 0 radical (unpaired) electrons. The number of carbonyl (C=O) groups is 1. The minimum atomic E-state index is -0.210. The van der Waals surface area contributed by atoms with E-state index in [1.165, 1.54) is 12.8 Å². The average molecular weight is 314 g/mol. The van der Waals surface area contributed by atoms with Gasteiger partial charge in [-0.15, -0.1) is 0 Å². The molecule has 1 heterocycles. The van der Waals surface area contributed by atoms with Gasteiger partial charge in [-0.25, -0.2) is 4.98 Å². The van der Waals surface area contributed by atoms with Crippen molar-refractivity contribution in [3.05, 3.63) is 30.5 Å². The van der Waals surface area contributed by atoms with E-state index in [1.807, 2.05) is 24.3 Å². The van der Waals surface area contributed by atoms with Crippen LogP contribution >= 0.6 is 0 Å². The van der Waals surface area contributed by atoms with Gasteiger partial charge in [0.05, 0.1) is 23.3 Å². The van der Waals surface area contributed by atoms with E-state index in [-0.39, 0.29) is 18.6 Å². The highest BCUT2D eigenvalue weighted by molar-refractivity contribution is 5.79. The SMILES string of the molecule is C[C@H]1CCC[C@H](OCC(=O)NNc2cnc3ccccc3n2)C1. The zero-order chi connectivity index (χ0) is 16.1. The zero-order valence-electron chi connectivity index (χ0n) is 13.3. The normalized spacial score (nSPS) is 21.1. The van der Waals surface area contributed by atoms with Crippen molar-refractivity contribution >= 4 is 22.8 Å². The monoisotopic (exact) mass is 314 g/mol. The Morgan fingerprint density at radius 1 is 1.30 bits per heavy atom. The Hall–Kier alpha value is -2.21. The number of anilines is 1. The predicted molar refractivity (Wildman–Crippen MR) is 88.7 cm³/mol. The third-order valence-corrected chi connectivity index (χ3v) is 4.12. The Balaban J connectivity index is 1.46. The van der Waals surface area contributed by atoms with Gasteiger partial charge < -0.3 is 4.74 Å². The quantitative estimate of drug-likeness (QED) is 0.830. The standard InChI is InChI=1S/C17H22N4O2/c1-12-5-4-6-13(9-12)23-11-17(22)21-20-16-10-18-14-7-2-3-8-15(14)19-16/h2-3,7-8,10,12-13H,4-6,9,11H2,1H3,(H,19,20)(H,21,22)/t12-,13-/m0/s1. The molecule has 2 aromatic rings. The third kappa shape index (κ3) is 4.39. The second-order valence-corrected chi connectivity index (χ2v) is 6.12. The topological polar surface area (TPSA) is 76.1 Å². The maximum atomic E-state index is 11.9. The van der Waals surface area contributed by atoms with Crippen LogP contribution < -0.4 is 10.9 Å². The van der Waals surface area contributed by atoms with Crippen LogP contribution in [0.25, 0.3) is 11.0 Å². The van der Waals surface area contributed by atoms with Gasteiger partial charge in [0.2, 0.25) is 0 Å². The molecule has 6 heteroatoms. The van der Waals surface area contributed by atoms with Crippen LogP contribution in [0.4, 0.5) is 5.82 Å². The van der Waals surface area contributed by atoms with Crippen molar-refractivity contribution in [1.82, 2.24) is 15.4 Å². The number of rotatable bonds is 5. The molecular formula is C17H22N4O2. The van der Waals surface area contributed by atoms with Crippen molar-refractivity contribution in [3.63, 3.8) is 0 Å². The summed E-state index contributed by atoms with van der Waals surface area (Å²) in [5.41, 5.74) is 6.97. The van der Waals surface area contributed by atoms with Gasteiger partial charge in [-0.1, -0.05) is 31.9 Å². The van der Waals surface area contributed by atoms with E-state index in [4.69, 9.17) is 4.74 Å². The van der Waals surface area contributed by atoms with E-state index in [9.17, 15) is 4.79 Å². The smallest absolute Gasteiger partial charge is 0.264 e. The fourth-order valence-corrected chi connectivity index (χ4v) is 2.91. The molecule has 1 amide bonds. The molecular weight excluding hydrogens is 292 g/mol. The molecule has 6 nitrogen and oxygen atoms in total. The Kier molecular flexibility index (Phi) is 5.02. The number of para-hydroxylation sites is 2. The van der Waals surface area contributed by atoms with Crippen molar-refractivity contribution in [2.45, 2.75) is 38.7 Å². The maximum Gasteiger partial charge on any atom is 0.264 e. The van der Waals surface area contributed by atoms with Crippen molar-refractivity contribution in [2.24, 2.45) is 5.92 Å². The number of hydrazine groups is 1. The van der Waals surface area contributed by atoms with E-state index < -0.39 is 0 Å². The Labute approximate surface area is 135 Å². The summed E-state index contributed by atoms with van der Waals surface area (Å²) in [6.07, 6.45) is 6.31. The van der Waals surface area contributed by atoms with E-state index in [1.54, 1.807) is 6.20 Å². The lowest BCUT2D eigenvalue weighted by Gasteiger charge is -2.26. The van der Waals surface area contributed by atoms with Gasteiger partial charge in [-0.2, -0.15) is 0 Å². The van der Waals surface area contributed by atoms with E-state index in [0.717, 1.165) is 23.9 Å². The largest absolute Gasteiger partial charge is 0.368 e. The first-order valence-corrected chi connectivity index (χ1v) is 8.09. The van der Waals surface area contributed by atoms with Crippen molar-refractivity contribution < 1.29 is 9.53 Å². The van der Waals surface area contributed by atoms with Crippen LogP contribution in [0.1, 0.15) is 32.6 Å². The second kappa shape index (κ2) is 7.37. The number of nitrogens with one attached hydrogen (secondary N) is 2. The molecule has 1 aliphatic rings. The highest BCUT2D eigenvalue weighted by Gasteiger charge is 2.20. The highest BCUT2D eigenvalue weighted by atomic mass is 16.5. The molecule has 1 fully saturated rings. The van der Waals surface area contributed by atoms with Crippen LogP contribution in [-0.4, -0.2) is 28.6 Å². The maximum absolute atomic E-state index is 11.9. The molecule has 0 spiro atoms. The third-order valence-electron chi connectivity index (χ3n) is 4.12. The van der Waals surface area contributed by atoms with Crippen molar-refractivity contribution in [3.8, 4) is 0 Å². The lowest BCUT2D eigenvalue weighted by atomic mass is 9.89. The molecule has 1 aromatic carbocycles. The molecule has 2 N–H and O–H groups in total. The minimum absolute atomic E-state index is 0.0609. The van der Waals surface area contributed by atoms with Gasteiger partial charge in [0.15, 0.2) is 5.82 Å². The predicted octanol–water partition coefficient (Wildman–Crippen LogP) is 2.67. The summed E-state index contributed by atoms with van der Waals surface area (Å²) in [6, 6.07) is 7.58. The first kappa shape index (κ1) is 15.7. The number of fused-ring (bicyclic) bond motifs is 1. The van der Waals surface area contributed by atoms with Crippen LogP contribution in [0.15, 0.2) is 30.5 Å². The summed E-state index contributed by atoms with van der Waals surface area (Å²) in [7, 11) is 0. The summed E-state index contributed by atoms with van der Waals surface area (Å²) in [5.74, 6) is 0.976. The first-order chi connectivity index (χ1) is 11.2. The van der Waals surface area contributed by atoms with E-state index in [2.05, 4.69) is 27.7 Å². The minimum Gasteiger partial charge on any atom is -0.368 e. The average Bonchev–Trinajstić information content (AvgIpc) is 2.58. The molecule has 1 aliphatic carbocycles. The summed E-state index contributed by atoms with van der Waals surface area (Å²) < 4.78 is 5.69. The fraction of sp³-hybridized carbons (Fsp3) is 0.471. The lowest BCUT2D eigenvalue weighted by molar-refractivity contribution is -0.128. The second-order valence-electron chi connectivity index (χ2n) is 6.12. The molecule has 0 bridgehead atoms. The molecule has 0 aliphatic heterocycles. The van der Waals surface area contributed by atoms with Crippen LogP contribution in [0.5, 0.6) is 0 Å². The number of hydrogen-bond donors (Lipinski definition) is 2. The number of hydrogen-bond acceptors (Lipinski definition) is 5. The number of carbonyl (C=O) groups excluding carboxylic acids is 1. The number of ether oxygens (including phenoxy) is 1. The number of aromatic nitrogens is 2. The molecule has 0 saturated heterocycles. The van der Waals surface area contributed by atoms with Crippen LogP contribution in [-0.2, 0) is 9.53 Å². The lowest BCUT2D eigenvalue weighted by Crippen LogP contribution is -2.35. The van der Waals surface area contributed by atoms with E-state index in [0.29, 0.717) is 11.7 Å². The molecule has 3 rings (SSSR count). The highest BCUT2D eigenvalue weighted by Crippen LogP contribution is 2.25. The Morgan fingerprint density at radius 2 is 2.13 bits per heavy atom. The molecule has 0 unspecified atom stereocenters. The van der Waals surface area contributed by atoms with Gasteiger partial charge in [-0.3, -0.25) is 20.6 Å². The molecule has 2 atom stereocenters. The van der Waals surface area contributed by atoms with Gasteiger partial charge in [0.25, 0.3) is 5.91 Å². The molecule has 1 saturated carbocycles. The van der Waals surface area contributed by atoms with E-state index >= 15 is 0 Å². The van der Waals surface area contributed by atoms with Crippen LogP contribution in [0.3, 0.4) is 0 Å². The number of benzene rings is 1. The number of nitrogens with zero attached hydrogens (tertiary/aromatic N) is 2. The van der Waals surface area contributed by atoms with Crippen molar-refractivity contribution in [1.29, 1.82) is 0 Å². The summed E-state index contributed by atoms with van der Waals surface area (Å²) >= 11 is 0. The Morgan fingerprint density at radius 3 is 2.96 bits per heavy atom. The zero-order valence-corrected chi connectivity index (χ0v) is 13.3. The molecule has 122 valence electrons. The van der Waals surface area contributed by atoms with Gasteiger partial charge in [-0.05, 0) is 30.9 Å². The fourth-order valence-electron chi connectivity index (χ4n) is 2.91.